The summed E-state index contributed by atoms with van der Waals surface area (Å²) >= 11 is 0. The Morgan fingerprint density at radius 3 is 2.76 bits per heavy atom. The molecule has 0 bridgehead atoms. The maximum atomic E-state index is 12.7. The van der Waals surface area contributed by atoms with Gasteiger partial charge in [0.2, 0.25) is 0 Å². The third-order valence-electron chi connectivity index (χ3n) is 5.26. The molecule has 0 radical (unpaired) electrons. The number of ether oxygens (including phenoxy) is 1. The molecule has 1 aromatic rings. The van der Waals surface area contributed by atoms with E-state index in [4.69, 9.17) is 4.74 Å². The van der Waals surface area contributed by atoms with Crippen molar-refractivity contribution >= 4 is 5.91 Å². The van der Waals surface area contributed by atoms with Gasteiger partial charge in [0.1, 0.15) is 5.69 Å². The van der Waals surface area contributed by atoms with Crippen molar-refractivity contribution in [3.05, 3.63) is 17.5 Å². The molecule has 140 valence electrons. The summed E-state index contributed by atoms with van der Waals surface area (Å²) in [7, 11) is 0. The van der Waals surface area contributed by atoms with Crippen molar-refractivity contribution in [3.63, 3.8) is 0 Å². The number of rotatable bonds is 4. The Hall–Kier alpha value is -1.44. The first-order valence-corrected chi connectivity index (χ1v) is 9.34. The third-order valence-corrected chi connectivity index (χ3v) is 5.26. The molecule has 1 amide bonds. The largest absolute Gasteiger partial charge is 0.388 e. The minimum atomic E-state index is -0.721. The minimum Gasteiger partial charge on any atom is -0.388 e. The second-order valence-corrected chi connectivity index (χ2v) is 7.62. The molecule has 0 aromatic carbocycles. The highest BCUT2D eigenvalue weighted by Crippen LogP contribution is 2.25. The van der Waals surface area contributed by atoms with E-state index >= 15 is 0 Å². The lowest BCUT2D eigenvalue weighted by Crippen LogP contribution is -2.48. The van der Waals surface area contributed by atoms with Gasteiger partial charge in [0, 0.05) is 38.4 Å². The summed E-state index contributed by atoms with van der Waals surface area (Å²) in [5, 5.41) is 18.1. The zero-order chi connectivity index (χ0) is 17.9. The van der Waals surface area contributed by atoms with E-state index in [1.165, 1.54) is 0 Å². The van der Waals surface area contributed by atoms with Crippen LogP contribution in [0.5, 0.6) is 0 Å². The first kappa shape index (κ1) is 18.4. The monoisotopic (exact) mass is 350 g/mol. The molecule has 7 heteroatoms. The van der Waals surface area contributed by atoms with Crippen molar-refractivity contribution in [3.8, 4) is 0 Å². The lowest BCUT2D eigenvalue weighted by molar-refractivity contribution is -0.0389. The zero-order valence-corrected chi connectivity index (χ0v) is 15.3. The van der Waals surface area contributed by atoms with Gasteiger partial charge in [-0.15, -0.1) is 0 Å². The van der Waals surface area contributed by atoms with Gasteiger partial charge in [-0.3, -0.25) is 14.8 Å². The number of likely N-dealkylation sites (tertiary alicyclic amines) is 1. The van der Waals surface area contributed by atoms with Crippen molar-refractivity contribution in [2.75, 3.05) is 45.9 Å². The fourth-order valence-corrected chi connectivity index (χ4v) is 3.62. The van der Waals surface area contributed by atoms with E-state index in [0.29, 0.717) is 37.7 Å². The molecule has 25 heavy (non-hydrogen) atoms. The topological polar surface area (TPSA) is 81.7 Å². The Morgan fingerprint density at radius 1 is 1.32 bits per heavy atom. The number of morpholine rings is 1. The van der Waals surface area contributed by atoms with Crippen molar-refractivity contribution in [2.45, 2.75) is 44.6 Å². The Balaban J connectivity index is 1.59. The lowest BCUT2D eigenvalue weighted by atomic mass is 9.94. The van der Waals surface area contributed by atoms with Crippen molar-refractivity contribution in [1.82, 2.24) is 20.0 Å². The number of aliphatic hydroxyl groups is 1. The molecule has 1 aromatic heterocycles. The zero-order valence-electron chi connectivity index (χ0n) is 15.3. The molecule has 2 aliphatic heterocycles. The molecule has 0 spiro atoms. The number of hydrogen-bond donors (Lipinski definition) is 2. The van der Waals surface area contributed by atoms with Gasteiger partial charge in [0.05, 0.1) is 18.8 Å². The van der Waals surface area contributed by atoms with E-state index in [-0.39, 0.29) is 5.91 Å². The first-order chi connectivity index (χ1) is 12.0. The molecule has 1 atom stereocenters. The van der Waals surface area contributed by atoms with Crippen molar-refractivity contribution < 1.29 is 14.6 Å². The van der Waals surface area contributed by atoms with E-state index in [1.807, 2.05) is 11.0 Å². The molecule has 3 rings (SSSR count). The van der Waals surface area contributed by atoms with Crippen LogP contribution < -0.4 is 0 Å². The van der Waals surface area contributed by atoms with Gasteiger partial charge in [-0.2, -0.15) is 5.10 Å². The summed E-state index contributed by atoms with van der Waals surface area (Å²) in [5.74, 6) is 0.274. The lowest BCUT2D eigenvalue weighted by Gasteiger charge is -2.35. The van der Waals surface area contributed by atoms with Crippen LogP contribution in [0.25, 0.3) is 0 Å². The number of H-pyrrole nitrogens is 1. The highest BCUT2D eigenvalue weighted by Gasteiger charge is 2.34. The summed E-state index contributed by atoms with van der Waals surface area (Å²) in [5.41, 5.74) is 0.727. The third kappa shape index (κ3) is 4.59. The summed E-state index contributed by atoms with van der Waals surface area (Å²) in [4.78, 5) is 16.8. The average molecular weight is 350 g/mol. The van der Waals surface area contributed by atoms with Crippen LogP contribution in [0.4, 0.5) is 0 Å². The standard InChI is InChI=1S/C18H30N4O3/c1-14(2)15-12-16(20-19-15)17(23)22-6-3-4-18(24,5-7-22)13-21-8-10-25-11-9-21/h12,14,24H,3-11,13H2,1-2H3,(H,19,20)/t18-/m0/s1. The first-order valence-electron chi connectivity index (χ1n) is 9.34. The Morgan fingerprint density at radius 2 is 2.08 bits per heavy atom. The smallest absolute Gasteiger partial charge is 0.274 e. The van der Waals surface area contributed by atoms with E-state index in [0.717, 1.165) is 44.8 Å². The van der Waals surface area contributed by atoms with Gasteiger partial charge in [0.15, 0.2) is 0 Å². The van der Waals surface area contributed by atoms with Crippen LogP contribution in [0.2, 0.25) is 0 Å². The number of amides is 1. The maximum absolute atomic E-state index is 12.7. The normalized spacial score (nSPS) is 26.0. The second-order valence-electron chi connectivity index (χ2n) is 7.62. The van der Waals surface area contributed by atoms with Crippen LogP contribution in [0, 0.1) is 0 Å². The van der Waals surface area contributed by atoms with E-state index < -0.39 is 5.60 Å². The van der Waals surface area contributed by atoms with Crippen LogP contribution in [-0.2, 0) is 4.74 Å². The summed E-state index contributed by atoms with van der Waals surface area (Å²) in [6.07, 6.45) is 2.15. The number of nitrogens with zero attached hydrogens (tertiary/aromatic N) is 3. The van der Waals surface area contributed by atoms with Crippen molar-refractivity contribution in [2.24, 2.45) is 0 Å². The van der Waals surface area contributed by atoms with Crippen molar-refractivity contribution in [1.29, 1.82) is 0 Å². The van der Waals surface area contributed by atoms with Crippen LogP contribution in [0.15, 0.2) is 6.07 Å². The second kappa shape index (κ2) is 7.85. The fraction of sp³-hybridized carbons (Fsp3) is 0.778. The van der Waals surface area contributed by atoms with Crippen LogP contribution in [-0.4, -0.2) is 82.5 Å². The maximum Gasteiger partial charge on any atom is 0.274 e. The molecular weight excluding hydrogens is 320 g/mol. The van der Waals surface area contributed by atoms with Crippen LogP contribution >= 0.6 is 0 Å². The number of nitrogens with one attached hydrogen (secondary N) is 1. The summed E-state index contributed by atoms with van der Waals surface area (Å²) < 4.78 is 5.38. The predicted octanol–water partition coefficient (Wildman–Crippen LogP) is 1.22. The number of β-amino-alcohol motifs (C(OH)–C–C–N with tert-alkyl or cyclic N) is 1. The predicted molar refractivity (Wildman–Crippen MR) is 94.6 cm³/mol. The summed E-state index contributed by atoms with van der Waals surface area (Å²) in [6, 6.07) is 1.85. The number of aromatic amines is 1. The molecule has 0 aliphatic carbocycles. The van der Waals surface area contributed by atoms with Gasteiger partial charge in [-0.05, 0) is 31.2 Å². The highest BCUT2D eigenvalue weighted by molar-refractivity contribution is 5.92. The van der Waals surface area contributed by atoms with Crippen LogP contribution in [0.1, 0.15) is 55.2 Å². The van der Waals surface area contributed by atoms with E-state index in [2.05, 4.69) is 28.9 Å². The molecule has 2 fully saturated rings. The van der Waals surface area contributed by atoms with Gasteiger partial charge in [0.25, 0.3) is 5.91 Å². The summed E-state index contributed by atoms with van der Waals surface area (Å²) in [6.45, 7) is 9.26. The van der Waals surface area contributed by atoms with Gasteiger partial charge in [-0.1, -0.05) is 13.8 Å². The Labute approximate surface area is 149 Å². The average Bonchev–Trinajstić information content (AvgIpc) is 3.01. The quantitative estimate of drug-likeness (QED) is 0.853. The minimum absolute atomic E-state index is 0.0428. The molecule has 2 aliphatic rings. The fourth-order valence-electron chi connectivity index (χ4n) is 3.62. The molecule has 2 N–H and O–H groups in total. The van der Waals surface area contributed by atoms with E-state index in [9.17, 15) is 9.90 Å². The molecule has 0 unspecified atom stereocenters. The molecule has 0 saturated carbocycles. The molecule has 3 heterocycles. The van der Waals surface area contributed by atoms with E-state index in [1.54, 1.807) is 0 Å². The number of aromatic nitrogens is 2. The Bertz CT molecular complexity index is 583. The molecule has 2 saturated heterocycles. The van der Waals surface area contributed by atoms with Gasteiger partial charge in [-0.25, -0.2) is 0 Å². The number of hydrogen-bond acceptors (Lipinski definition) is 5. The van der Waals surface area contributed by atoms with Gasteiger partial charge >= 0.3 is 0 Å². The number of carbonyl (C=O) groups excluding carboxylic acids is 1. The SMILES string of the molecule is CC(C)c1cc(C(=O)N2CCC[C@@](O)(CN3CCOCC3)CC2)n[nH]1. The molecular formula is C18H30N4O3. The highest BCUT2D eigenvalue weighted by atomic mass is 16.5. The molecule has 7 nitrogen and oxygen atoms in total. The number of carbonyl (C=O) groups is 1. The Kier molecular flexibility index (Phi) is 5.76. The van der Waals surface area contributed by atoms with Crippen LogP contribution in [0.3, 0.4) is 0 Å². The van der Waals surface area contributed by atoms with Gasteiger partial charge < -0.3 is 14.7 Å².